The summed E-state index contributed by atoms with van der Waals surface area (Å²) in [5.74, 6) is -1.53. The van der Waals surface area contributed by atoms with Crippen LogP contribution in [0.3, 0.4) is 0 Å². The Morgan fingerprint density at radius 3 is 2.30 bits per heavy atom. The van der Waals surface area contributed by atoms with Crippen LogP contribution in [0.4, 0.5) is 4.39 Å². The fourth-order valence-corrected chi connectivity index (χ4v) is 4.14. The zero-order valence-corrected chi connectivity index (χ0v) is 16.8. The summed E-state index contributed by atoms with van der Waals surface area (Å²) < 4.78 is 41.5. The molecule has 1 amide bonds. The number of rotatable bonds is 7. The van der Waals surface area contributed by atoms with Gasteiger partial charge in [0.15, 0.2) is 0 Å². The van der Waals surface area contributed by atoms with Crippen molar-refractivity contribution in [3.63, 3.8) is 0 Å². The molecule has 0 saturated carbocycles. The molecule has 0 spiro atoms. The summed E-state index contributed by atoms with van der Waals surface area (Å²) in [5.41, 5.74) is 2.03. The van der Waals surface area contributed by atoms with Gasteiger partial charge in [0.05, 0.1) is 0 Å². The normalized spacial score (nSPS) is 12.8. The quantitative estimate of drug-likeness (QED) is 0.787. The summed E-state index contributed by atoms with van der Waals surface area (Å²) in [7, 11) is -2.54. The molecule has 2 aromatic rings. The van der Waals surface area contributed by atoms with E-state index in [9.17, 15) is 17.6 Å². The fraction of sp³-hybridized carbons (Fsp3) is 0.350. The first-order valence-corrected chi connectivity index (χ1v) is 10.2. The Morgan fingerprint density at radius 2 is 1.70 bits per heavy atom. The smallest absolute Gasteiger partial charge is 0.244 e. The molecular formula is C20H25FN2O3S. The molecule has 0 heterocycles. The number of amides is 1. The first-order chi connectivity index (χ1) is 12.6. The van der Waals surface area contributed by atoms with Crippen molar-refractivity contribution >= 4 is 15.9 Å². The van der Waals surface area contributed by atoms with E-state index in [1.807, 2.05) is 31.2 Å². The lowest BCUT2D eigenvalue weighted by Gasteiger charge is -2.27. The number of hydrogen-bond acceptors (Lipinski definition) is 3. The number of nitrogens with one attached hydrogen (secondary N) is 1. The highest BCUT2D eigenvalue weighted by Crippen LogP contribution is 2.17. The molecule has 0 aromatic heterocycles. The molecule has 1 unspecified atom stereocenters. The predicted molar refractivity (Wildman–Crippen MR) is 103 cm³/mol. The SMILES string of the molecule is Cc1ccccc1CN(C)C(=O)C(NS(=O)(=O)c1ccccc1F)C(C)C. The molecule has 2 rings (SSSR count). The van der Waals surface area contributed by atoms with Crippen LogP contribution in [0.5, 0.6) is 0 Å². The van der Waals surface area contributed by atoms with Crippen LogP contribution in [0.15, 0.2) is 53.4 Å². The lowest BCUT2D eigenvalue weighted by atomic mass is 10.0. The summed E-state index contributed by atoms with van der Waals surface area (Å²) in [5, 5.41) is 0. The second-order valence-corrected chi connectivity index (χ2v) is 8.58. The van der Waals surface area contributed by atoms with Gasteiger partial charge < -0.3 is 4.90 Å². The topological polar surface area (TPSA) is 66.5 Å². The van der Waals surface area contributed by atoms with E-state index in [1.165, 1.54) is 23.1 Å². The molecule has 0 aliphatic heterocycles. The molecule has 146 valence electrons. The van der Waals surface area contributed by atoms with Gasteiger partial charge in [0.25, 0.3) is 0 Å². The van der Waals surface area contributed by atoms with E-state index in [4.69, 9.17) is 0 Å². The number of carbonyl (C=O) groups is 1. The molecule has 0 aliphatic carbocycles. The average Bonchev–Trinajstić information content (AvgIpc) is 2.61. The van der Waals surface area contributed by atoms with Gasteiger partial charge in [-0.15, -0.1) is 0 Å². The predicted octanol–water partition coefficient (Wildman–Crippen LogP) is 3.10. The summed E-state index contributed by atoms with van der Waals surface area (Å²) in [6, 6.07) is 11.8. The van der Waals surface area contributed by atoms with Crippen LogP contribution in [0.2, 0.25) is 0 Å². The molecule has 7 heteroatoms. The van der Waals surface area contributed by atoms with Gasteiger partial charge in [-0.2, -0.15) is 4.72 Å². The van der Waals surface area contributed by atoms with Crippen LogP contribution < -0.4 is 4.72 Å². The maximum absolute atomic E-state index is 13.9. The van der Waals surface area contributed by atoms with Gasteiger partial charge in [0.2, 0.25) is 15.9 Å². The summed E-state index contributed by atoms with van der Waals surface area (Å²) in [6.07, 6.45) is 0. The standard InChI is InChI=1S/C20H25FN2O3S/c1-14(2)19(22-27(25,26)18-12-8-7-11-17(18)21)20(24)23(4)13-16-10-6-5-9-15(16)3/h5-12,14,19,22H,13H2,1-4H3. The van der Waals surface area contributed by atoms with Gasteiger partial charge in [-0.05, 0) is 36.1 Å². The number of nitrogens with zero attached hydrogens (tertiary/aromatic N) is 1. The van der Waals surface area contributed by atoms with Gasteiger partial charge >= 0.3 is 0 Å². The third-order valence-corrected chi connectivity index (χ3v) is 5.86. The number of carbonyl (C=O) groups excluding carboxylic acids is 1. The van der Waals surface area contributed by atoms with Crippen molar-refractivity contribution in [2.75, 3.05) is 7.05 Å². The zero-order valence-electron chi connectivity index (χ0n) is 15.9. The maximum Gasteiger partial charge on any atom is 0.244 e. The minimum Gasteiger partial charge on any atom is -0.340 e. The summed E-state index contributed by atoms with van der Waals surface area (Å²) in [4.78, 5) is 13.9. The molecule has 2 aromatic carbocycles. The highest BCUT2D eigenvalue weighted by Gasteiger charge is 2.31. The van der Waals surface area contributed by atoms with Crippen molar-refractivity contribution in [1.29, 1.82) is 0 Å². The highest BCUT2D eigenvalue weighted by atomic mass is 32.2. The Bertz CT molecular complexity index is 913. The molecule has 0 aliphatic rings. The average molecular weight is 392 g/mol. The van der Waals surface area contributed by atoms with Crippen LogP contribution in [-0.2, 0) is 21.4 Å². The van der Waals surface area contributed by atoms with Crippen molar-refractivity contribution in [3.8, 4) is 0 Å². The molecule has 1 atom stereocenters. The molecular weight excluding hydrogens is 367 g/mol. The Hall–Kier alpha value is -2.25. The first-order valence-electron chi connectivity index (χ1n) is 8.70. The maximum atomic E-state index is 13.9. The van der Waals surface area contributed by atoms with Crippen molar-refractivity contribution in [3.05, 3.63) is 65.5 Å². The van der Waals surface area contributed by atoms with Crippen LogP contribution in [0.1, 0.15) is 25.0 Å². The van der Waals surface area contributed by atoms with Gasteiger partial charge in [-0.1, -0.05) is 50.2 Å². The highest BCUT2D eigenvalue weighted by molar-refractivity contribution is 7.89. The van der Waals surface area contributed by atoms with E-state index < -0.39 is 26.8 Å². The Kier molecular flexibility index (Phi) is 6.73. The zero-order chi connectivity index (χ0) is 20.2. The monoisotopic (exact) mass is 392 g/mol. The second-order valence-electron chi connectivity index (χ2n) is 6.89. The van der Waals surface area contributed by atoms with Crippen LogP contribution in [-0.4, -0.2) is 32.3 Å². The third kappa shape index (κ3) is 5.14. The van der Waals surface area contributed by atoms with E-state index in [1.54, 1.807) is 20.9 Å². The number of likely N-dealkylation sites (N-methyl/N-ethyl adjacent to an activating group) is 1. The van der Waals surface area contributed by atoms with E-state index in [2.05, 4.69) is 4.72 Å². The molecule has 5 nitrogen and oxygen atoms in total. The Labute approximate surface area is 160 Å². The molecule has 27 heavy (non-hydrogen) atoms. The van der Waals surface area contributed by atoms with Gasteiger partial charge in [0.1, 0.15) is 16.8 Å². The number of halogens is 1. The van der Waals surface area contributed by atoms with Crippen molar-refractivity contribution < 1.29 is 17.6 Å². The Morgan fingerprint density at radius 1 is 1.11 bits per heavy atom. The number of aryl methyl sites for hydroxylation is 1. The summed E-state index contributed by atoms with van der Waals surface area (Å²) >= 11 is 0. The number of hydrogen-bond donors (Lipinski definition) is 1. The van der Waals surface area contributed by atoms with Crippen LogP contribution >= 0.6 is 0 Å². The van der Waals surface area contributed by atoms with Gasteiger partial charge in [-0.25, -0.2) is 12.8 Å². The van der Waals surface area contributed by atoms with E-state index >= 15 is 0 Å². The summed E-state index contributed by atoms with van der Waals surface area (Å²) in [6.45, 7) is 5.80. The fourth-order valence-electron chi connectivity index (χ4n) is 2.72. The van der Waals surface area contributed by atoms with Crippen LogP contribution in [0, 0.1) is 18.7 Å². The minimum absolute atomic E-state index is 0.307. The lowest BCUT2D eigenvalue weighted by Crippen LogP contribution is -2.50. The van der Waals surface area contributed by atoms with Crippen molar-refractivity contribution in [2.45, 2.75) is 38.3 Å². The molecule has 0 saturated heterocycles. The van der Waals surface area contributed by atoms with Crippen molar-refractivity contribution in [1.82, 2.24) is 9.62 Å². The van der Waals surface area contributed by atoms with E-state index in [0.717, 1.165) is 17.2 Å². The van der Waals surface area contributed by atoms with E-state index in [-0.39, 0.29) is 11.8 Å². The molecule has 0 bridgehead atoms. The molecule has 0 fully saturated rings. The second kappa shape index (κ2) is 8.63. The third-order valence-electron chi connectivity index (χ3n) is 4.39. The minimum atomic E-state index is -4.17. The van der Waals surface area contributed by atoms with Gasteiger partial charge in [-0.3, -0.25) is 4.79 Å². The van der Waals surface area contributed by atoms with Gasteiger partial charge in [0, 0.05) is 13.6 Å². The number of sulfonamides is 1. The lowest BCUT2D eigenvalue weighted by molar-refractivity contribution is -0.133. The molecule has 0 radical (unpaired) electrons. The van der Waals surface area contributed by atoms with Crippen LogP contribution in [0.25, 0.3) is 0 Å². The Balaban J connectivity index is 2.22. The van der Waals surface area contributed by atoms with Crippen molar-refractivity contribution in [2.24, 2.45) is 5.92 Å². The largest absolute Gasteiger partial charge is 0.340 e. The number of benzene rings is 2. The molecule has 1 N–H and O–H groups in total. The first kappa shape index (κ1) is 21.1. The van der Waals surface area contributed by atoms with E-state index in [0.29, 0.717) is 6.54 Å².